The van der Waals surface area contributed by atoms with Gasteiger partial charge in [-0.3, -0.25) is 4.79 Å². The van der Waals surface area contributed by atoms with Crippen LogP contribution in [-0.4, -0.2) is 11.1 Å². The van der Waals surface area contributed by atoms with Gasteiger partial charge in [0.2, 0.25) is 0 Å². The summed E-state index contributed by atoms with van der Waals surface area (Å²) in [6, 6.07) is 0. The van der Waals surface area contributed by atoms with E-state index in [0.717, 1.165) is 32.1 Å². The second kappa shape index (κ2) is 15.7. The highest BCUT2D eigenvalue weighted by Crippen LogP contribution is 2.02. The van der Waals surface area contributed by atoms with Crippen molar-refractivity contribution in [2.75, 3.05) is 0 Å². The second-order valence-corrected chi connectivity index (χ2v) is 5.01. The molecule has 0 bridgehead atoms. The van der Waals surface area contributed by atoms with Gasteiger partial charge in [-0.2, -0.15) is 0 Å². The highest BCUT2D eigenvalue weighted by molar-refractivity contribution is 5.66. The molecule has 114 valence electrons. The Hall–Kier alpha value is -1.31. The average Bonchev–Trinajstić information content (AvgIpc) is 2.43. The first-order valence-electron chi connectivity index (χ1n) is 7.94. The lowest BCUT2D eigenvalue weighted by atomic mass is 10.2. The molecule has 0 aliphatic carbocycles. The molecular weight excluding hydrogens is 248 g/mol. The molecule has 0 atom stereocenters. The Bertz CT molecular complexity index is 301. The highest BCUT2D eigenvalue weighted by Gasteiger charge is 1.92. The summed E-state index contributed by atoms with van der Waals surface area (Å²) in [6.45, 7) is 2.23. The fourth-order valence-electron chi connectivity index (χ4n) is 1.82. The topological polar surface area (TPSA) is 37.3 Å². The van der Waals surface area contributed by atoms with Gasteiger partial charge >= 0.3 is 5.97 Å². The molecule has 0 amide bonds. The van der Waals surface area contributed by atoms with Crippen molar-refractivity contribution in [2.45, 2.75) is 71.1 Å². The third kappa shape index (κ3) is 16.7. The van der Waals surface area contributed by atoms with Crippen LogP contribution in [0.4, 0.5) is 0 Å². The lowest BCUT2D eigenvalue weighted by molar-refractivity contribution is -0.137. The molecular formula is C18H30O2. The SMILES string of the molecule is CCCCCC=CC/C=C\CC/C=C\CCCC(=O)O. The summed E-state index contributed by atoms with van der Waals surface area (Å²) in [7, 11) is 0. The van der Waals surface area contributed by atoms with Crippen LogP contribution in [0, 0.1) is 0 Å². The van der Waals surface area contributed by atoms with Crippen LogP contribution in [-0.2, 0) is 4.79 Å². The number of carboxylic acid groups (broad SMARTS) is 1. The lowest BCUT2D eigenvalue weighted by Crippen LogP contribution is -1.92. The summed E-state index contributed by atoms with van der Waals surface area (Å²) in [4.78, 5) is 10.3. The Morgan fingerprint density at radius 2 is 1.35 bits per heavy atom. The minimum atomic E-state index is -0.705. The zero-order chi connectivity index (χ0) is 14.9. The van der Waals surface area contributed by atoms with Crippen LogP contribution in [0.3, 0.4) is 0 Å². The van der Waals surface area contributed by atoms with Gasteiger partial charge in [-0.25, -0.2) is 0 Å². The maximum absolute atomic E-state index is 10.3. The summed E-state index contributed by atoms with van der Waals surface area (Å²) in [6.07, 6.45) is 23.4. The van der Waals surface area contributed by atoms with Crippen molar-refractivity contribution in [3.05, 3.63) is 36.5 Å². The number of hydrogen-bond donors (Lipinski definition) is 1. The molecule has 0 saturated carbocycles. The van der Waals surface area contributed by atoms with Gasteiger partial charge in [-0.1, -0.05) is 56.2 Å². The van der Waals surface area contributed by atoms with Gasteiger partial charge in [0.25, 0.3) is 0 Å². The van der Waals surface area contributed by atoms with E-state index in [9.17, 15) is 4.79 Å². The Morgan fingerprint density at radius 3 is 2.00 bits per heavy atom. The standard InChI is InChI=1S/C18H30O2/c1-2-3-4-5-6-7-8-9-10-11-12-13-14-15-16-17-18(19)20/h6-7,9-10,13-14H,2-5,8,11-12,15-17H2,1H3,(H,19,20)/b7-6?,10-9-,14-13-. The van der Waals surface area contributed by atoms with E-state index in [-0.39, 0.29) is 6.42 Å². The van der Waals surface area contributed by atoms with Gasteiger partial charge in [-0.05, 0) is 44.9 Å². The molecule has 0 heterocycles. The summed E-state index contributed by atoms with van der Waals surface area (Å²) in [5, 5.41) is 8.48. The Morgan fingerprint density at radius 1 is 0.800 bits per heavy atom. The first-order chi connectivity index (χ1) is 9.77. The fraction of sp³-hybridized carbons (Fsp3) is 0.611. The minimum absolute atomic E-state index is 0.273. The maximum Gasteiger partial charge on any atom is 0.303 e. The Labute approximate surface area is 124 Å². The molecule has 0 fully saturated rings. The zero-order valence-corrected chi connectivity index (χ0v) is 12.9. The van der Waals surface area contributed by atoms with Crippen LogP contribution < -0.4 is 0 Å². The van der Waals surface area contributed by atoms with Gasteiger partial charge in [0.05, 0.1) is 0 Å². The predicted octanol–water partition coefficient (Wildman–Crippen LogP) is 5.66. The van der Waals surface area contributed by atoms with Gasteiger partial charge in [-0.15, -0.1) is 0 Å². The van der Waals surface area contributed by atoms with Gasteiger partial charge in [0, 0.05) is 6.42 Å². The fourth-order valence-corrected chi connectivity index (χ4v) is 1.82. The van der Waals surface area contributed by atoms with Gasteiger partial charge in [0.15, 0.2) is 0 Å². The van der Waals surface area contributed by atoms with Crippen LogP contribution in [0.5, 0.6) is 0 Å². The number of carbonyl (C=O) groups is 1. The Kier molecular flexibility index (Phi) is 14.7. The molecule has 0 unspecified atom stereocenters. The largest absolute Gasteiger partial charge is 0.481 e. The van der Waals surface area contributed by atoms with Crippen molar-refractivity contribution in [1.29, 1.82) is 0 Å². The molecule has 2 nitrogen and oxygen atoms in total. The molecule has 0 spiro atoms. The molecule has 20 heavy (non-hydrogen) atoms. The number of hydrogen-bond acceptors (Lipinski definition) is 1. The normalized spacial score (nSPS) is 12.1. The zero-order valence-electron chi connectivity index (χ0n) is 12.9. The third-order valence-electron chi connectivity index (χ3n) is 3.01. The maximum atomic E-state index is 10.3. The predicted molar refractivity (Wildman–Crippen MR) is 86.9 cm³/mol. The molecule has 0 radical (unpaired) electrons. The third-order valence-corrected chi connectivity index (χ3v) is 3.01. The Balaban J connectivity index is 3.30. The first-order valence-corrected chi connectivity index (χ1v) is 7.94. The molecule has 1 N–H and O–H groups in total. The number of unbranched alkanes of at least 4 members (excludes halogenated alkanes) is 5. The van der Waals surface area contributed by atoms with E-state index in [1.54, 1.807) is 0 Å². The van der Waals surface area contributed by atoms with Crippen LogP contribution in [0.15, 0.2) is 36.5 Å². The second-order valence-electron chi connectivity index (χ2n) is 5.01. The van der Waals surface area contributed by atoms with Crippen molar-refractivity contribution in [3.8, 4) is 0 Å². The van der Waals surface area contributed by atoms with Crippen molar-refractivity contribution >= 4 is 5.97 Å². The smallest absolute Gasteiger partial charge is 0.303 e. The van der Waals surface area contributed by atoms with E-state index in [4.69, 9.17) is 5.11 Å². The molecule has 0 rings (SSSR count). The van der Waals surface area contributed by atoms with Crippen molar-refractivity contribution in [1.82, 2.24) is 0 Å². The first kappa shape index (κ1) is 18.7. The monoisotopic (exact) mass is 278 g/mol. The molecule has 0 aromatic carbocycles. The molecule has 0 aliphatic rings. The van der Waals surface area contributed by atoms with E-state index in [2.05, 4.69) is 43.4 Å². The minimum Gasteiger partial charge on any atom is -0.481 e. The molecule has 0 aromatic heterocycles. The number of carboxylic acids is 1. The summed E-state index contributed by atoms with van der Waals surface area (Å²) >= 11 is 0. The molecule has 0 aliphatic heterocycles. The average molecular weight is 278 g/mol. The number of allylic oxidation sites excluding steroid dienone is 6. The van der Waals surface area contributed by atoms with Gasteiger partial charge < -0.3 is 5.11 Å². The highest BCUT2D eigenvalue weighted by atomic mass is 16.4. The summed E-state index contributed by atoms with van der Waals surface area (Å²) < 4.78 is 0. The molecule has 0 saturated heterocycles. The van der Waals surface area contributed by atoms with Crippen LogP contribution >= 0.6 is 0 Å². The quantitative estimate of drug-likeness (QED) is 0.348. The molecule has 2 heteroatoms. The summed E-state index contributed by atoms with van der Waals surface area (Å²) in [5.41, 5.74) is 0. The lowest BCUT2D eigenvalue weighted by Gasteiger charge is -1.91. The van der Waals surface area contributed by atoms with Crippen LogP contribution in [0.2, 0.25) is 0 Å². The molecule has 0 aromatic rings. The van der Waals surface area contributed by atoms with Gasteiger partial charge in [0.1, 0.15) is 0 Å². The number of aliphatic carboxylic acids is 1. The van der Waals surface area contributed by atoms with E-state index in [1.807, 2.05) is 0 Å². The van der Waals surface area contributed by atoms with Crippen molar-refractivity contribution in [3.63, 3.8) is 0 Å². The number of rotatable bonds is 13. The van der Waals surface area contributed by atoms with E-state index in [0.29, 0.717) is 0 Å². The van der Waals surface area contributed by atoms with Crippen LogP contribution in [0.1, 0.15) is 71.1 Å². The van der Waals surface area contributed by atoms with E-state index in [1.165, 1.54) is 25.7 Å². The van der Waals surface area contributed by atoms with Crippen molar-refractivity contribution < 1.29 is 9.90 Å². The van der Waals surface area contributed by atoms with Crippen molar-refractivity contribution in [2.24, 2.45) is 0 Å². The van der Waals surface area contributed by atoms with Crippen LogP contribution in [0.25, 0.3) is 0 Å². The summed E-state index contributed by atoms with van der Waals surface area (Å²) in [5.74, 6) is -0.705. The van der Waals surface area contributed by atoms with E-state index < -0.39 is 5.97 Å². The van der Waals surface area contributed by atoms with E-state index >= 15 is 0 Å².